The summed E-state index contributed by atoms with van der Waals surface area (Å²) in [5.74, 6) is -11.9. The van der Waals surface area contributed by atoms with Gasteiger partial charge in [0.15, 0.2) is 29.1 Å². The van der Waals surface area contributed by atoms with Gasteiger partial charge in [-0.1, -0.05) is 38.1 Å². The van der Waals surface area contributed by atoms with Crippen LogP contribution in [0.1, 0.15) is 41.3 Å². The number of carbonyl (C=O) groups excluding carboxylic acids is 1. The predicted octanol–water partition coefficient (Wildman–Crippen LogP) is 4.74. The van der Waals surface area contributed by atoms with E-state index in [4.69, 9.17) is 0 Å². The van der Waals surface area contributed by atoms with Crippen molar-refractivity contribution < 1.29 is 26.7 Å². The summed E-state index contributed by atoms with van der Waals surface area (Å²) in [4.78, 5) is 12.0. The second-order valence-electron chi connectivity index (χ2n) is 5.05. The van der Waals surface area contributed by atoms with E-state index in [1.807, 2.05) is 13.8 Å². The summed E-state index contributed by atoms with van der Waals surface area (Å²) in [5, 5.41) is 0. The van der Waals surface area contributed by atoms with Crippen molar-refractivity contribution in [3.8, 4) is 0 Å². The van der Waals surface area contributed by atoms with Crippen molar-refractivity contribution in [2.45, 2.75) is 19.8 Å². The lowest BCUT2D eigenvalue weighted by molar-refractivity contribution is 0.102. The Balaban J connectivity index is 2.55. The van der Waals surface area contributed by atoms with Gasteiger partial charge in [-0.05, 0) is 11.5 Å². The van der Waals surface area contributed by atoms with Crippen molar-refractivity contribution >= 4 is 5.78 Å². The first-order chi connectivity index (χ1) is 10.3. The van der Waals surface area contributed by atoms with E-state index < -0.39 is 40.4 Å². The molecule has 0 atom stereocenters. The molecule has 116 valence electrons. The molecule has 0 amide bonds. The van der Waals surface area contributed by atoms with Gasteiger partial charge in [0.1, 0.15) is 5.56 Å². The van der Waals surface area contributed by atoms with Crippen LogP contribution in [-0.2, 0) is 0 Å². The van der Waals surface area contributed by atoms with Crippen molar-refractivity contribution in [1.82, 2.24) is 0 Å². The van der Waals surface area contributed by atoms with Crippen LogP contribution in [0.5, 0.6) is 0 Å². The van der Waals surface area contributed by atoms with Crippen LogP contribution in [0.3, 0.4) is 0 Å². The zero-order chi connectivity index (χ0) is 16.6. The fourth-order valence-electron chi connectivity index (χ4n) is 1.97. The zero-order valence-electron chi connectivity index (χ0n) is 11.7. The van der Waals surface area contributed by atoms with Gasteiger partial charge in [0, 0.05) is 5.56 Å². The molecule has 2 aromatic rings. The number of carbonyl (C=O) groups is 1. The minimum absolute atomic E-state index is 0.160. The number of hydrogen-bond acceptors (Lipinski definition) is 1. The van der Waals surface area contributed by atoms with Crippen LogP contribution in [0.25, 0.3) is 0 Å². The molecule has 0 unspecified atom stereocenters. The van der Waals surface area contributed by atoms with E-state index >= 15 is 0 Å². The van der Waals surface area contributed by atoms with Crippen LogP contribution in [0.15, 0.2) is 24.3 Å². The fraction of sp³-hybridized carbons (Fsp3) is 0.188. The van der Waals surface area contributed by atoms with Crippen LogP contribution in [0.2, 0.25) is 0 Å². The highest BCUT2D eigenvalue weighted by Gasteiger charge is 2.30. The van der Waals surface area contributed by atoms with Gasteiger partial charge in [0.2, 0.25) is 5.82 Å². The lowest BCUT2D eigenvalue weighted by Crippen LogP contribution is -2.13. The van der Waals surface area contributed by atoms with Gasteiger partial charge < -0.3 is 0 Å². The zero-order valence-corrected chi connectivity index (χ0v) is 11.7. The number of rotatable bonds is 3. The molecule has 0 heterocycles. The third kappa shape index (κ3) is 2.61. The molecule has 0 radical (unpaired) electrons. The molecule has 22 heavy (non-hydrogen) atoms. The standard InChI is InChI=1S/C16H11F5O/c1-7(2)8-3-5-9(6-4-8)16(22)10-11(17)13(19)15(21)14(20)12(10)18/h3-7H,1-2H3. The van der Waals surface area contributed by atoms with Crippen molar-refractivity contribution in [3.05, 3.63) is 70.0 Å². The van der Waals surface area contributed by atoms with Crippen molar-refractivity contribution in [2.75, 3.05) is 0 Å². The number of ketones is 1. The first-order valence-corrected chi connectivity index (χ1v) is 6.41. The largest absolute Gasteiger partial charge is 0.288 e. The van der Waals surface area contributed by atoms with E-state index in [2.05, 4.69) is 0 Å². The molecule has 0 spiro atoms. The van der Waals surface area contributed by atoms with E-state index in [0.717, 1.165) is 5.56 Å². The minimum Gasteiger partial charge on any atom is -0.288 e. The van der Waals surface area contributed by atoms with Crippen LogP contribution in [0.4, 0.5) is 22.0 Å². The summed E-state index contributed by atoms with van der Waals surface area (Å²) in [7, 11) is 0. The van der Waals surface area contributed by atoms with Crippen LogP contribution >= 0.6 is 0 Å². The minimum atomic E-state index is -2.29. The molecule has 0 N–H and O–H groups in total. The summed E-state index contributed by atoms with van der Waals surface area (Å²) >= 11 is 0. The van der Waals surface area contributed by atoms with Crippen molar-refractivity contribution in [1.29, 1.82) is 0 Å². The quantitative estimate of drug-likeness (QED) is 0.346. The van der Waals surface area contributed by atoms with E-state index in [-0.39, 0.29) is 11.5 Å². The third-order valence-corrected chi connectivity index (χ3v) is 3.28. The molecule has 2 rings (SSSR count). The van der Waals surface area contributed by atoms with E-state index in [1.165, 1.54) is 12.1 Å². The summed E-state index contributed by atoms with van der Waals surface area (Å²) in [5.41, 5.74) is -0.740. The maximum Gasteiger partial charge on any atom is 0.200 e. The summed E-state index contributed by atoms with van der Waals surface area (Å²) in [6.45, 7) is 3.81. The fourth-order valence-corrected chi connectivity index (χ4v) is 1.97. The molecule has 0 aliphatic carbocycles. The molecule has 6 heteroatoms. The van der Waals surface area contributed by atoms with Gasteiger partial charge in [-0.25, -0.2) is 22.0 Å². The normalized spacial score (nSPS) is 11.1. The van der Waals surface area contributed by atoms with Gasteiger partial charge in [-0.15, -0.1) is 0 Å². The molecule has 2 aromatic carbocycles. The first-order valence-electron chi connectivity index (χ1n) is 6.41. The van der Waals surface area contributed by atoms with Crippen LogP contribution in [-0.4, -0.2) is 5.78 Å². The van der Waals surface area contributed by atoms with E-state index in [0.29, 0.717) is 0 Å². The lowest BCUT2D eigenvalue weighted by Gasteiger charge is -2.09. The molecule has 0 aromatic heterocycles. The number of hydrogen-bond donors (Lipinski definition) is 0. The highest BCUT2D eigenvalue weighted by atomic mass is 19.2. The Kier molecular flexibility index (Phi) is 4.30. The predicted molar refractivity (Wildman–Crippen MR) is 70.2 cm³/mol. The van der Waals surface area contributed by atoms with Crippen LogP contribution in [0, 0.1) is 29.1 Å². The Morgan fingerprint density at radius 2 is 1.18 bits per heavy atom. The lowest BCUT2D eigenvalue weighted by atomic mass is 9.97. The highest BCUT2D eigenvalue weighted by Crippen LogP contribution is 2.25. The van der Waals surface area contributed by atoms with E-state index in [9.17, 15) is 26.7 Å². The second kappa shape index (κ2) is 5.87. The van der Waals surface area contributed by atoms with Gasteiger partial charge in [0.05, 0.1) is 0 Å². The van der Waals surface area contributed by atoms with Gasteiger partial charge in [-0.2, -0.15) is 0 Å². The summed E-state index contributed by atoms with van der Waals surface area (Å²) < 4.78 is 66.4. The average molecular weight is 314 g/mol. The maximum atomic E-state index is 13.6. The highest BCUT2D eigenvalue weighted by molar-refractivity contribution is 6.09. The molecular weight excluding hydrogens is 303 g/mol. The number of benzene rings is 2. The molecular formula is C16H11F5O. The monoisotopic (exact) mass is 314 g/mol. The number of halogens is 5. The Bertz CT molecular complexity index is 706. The summed E-state index contributed by atoms with van der Waals surface area (Å²) in [6.07, 6.45) is 0. The van der Waals surface area contributed by atoms with Crippen molar-refractivity contribution in [3.63, 3.8) is 0 Å². The topological polar surface area (TPSA) is 17.1 Å². The Hall–Kier alpha value is -2.24. The van der Waals surface area contributed by atoms with Gasteiger partial charge in [0.25, 0.3) is 0 Å². The SMILES string of the molecule is CC(C)c1ccc(C(=O)c2c(F)c(F)c(F)c(F)c2F)cc1. The molecule has 0 saturated heterocycles. The summed E-state index contributed by atoms with van der Waals surface area (Å²) in [6, 6.07) is 5.69. The maximum absolute atomic E-state index is 13.6. The molecule has 1 nitrogen and oxygen atoms in total. The first kappa shape index (κ1) is 16.1. The van der Waals surface area contributed by atoms with Crippen LogP contribution < -0.4 is 0 Å². The Morgan fingerprint density at radius 3 is 1.59 bits per heavy atom. The molecule has 0 fully saturated rings. The second-order valence-corrected chi connectivity index (χ2v) is 5.05. The smallest absolute Gasteiger partial charge is 0.200 e. The third-order valence-electron chi connectivity index (χ3n) is 3.28. The van der Waals surface area contributed by atoms with Gasteiger partial charge >= 0.3 is 0 Å². The molecule has 0 aliphatic rings. The molecule has 0 saturated carbocycles. The van der Waals surface area contributed by atoms with Crippen molar-refractivity contribution in [2.24, 2.45) is 0 Å². The van der Waals surface area contributed by atoms with Gasteiger partial charge in [-0.3, -0.25) is 4.79 Å². The average Bonchev–Trinajstić information content (AvgIpc) is 2.51. The van der Waals surface area contributed by atoms with E-state index in [1.54, 1.807) is 12.1 Å². The molecule has 0 aliphatic heterocycles. The Labute approximate surface area is 123 Å². The molecule has 0 bridgehead atoms. The Morgan fingerprint density at radius 1 is 0.773 bits per heavy atom.